The molecule has 3 rings (SSSR count). The van der Waals surface area contributed by atoms with Crippen LogP contribution in [0.25, 0.3) is 11.0 Å². The van der Waals surface area contributed by atoms with Gasteiger partial charge >= 0.3 is 0 Å². The molecule has 0 unspecified atom stereocenters. The molecule has 0 saturated heterocycles. The molecule has 3 heterocycles. The van der Waals surface area contributed by atoms with E-state index in [-0.39, 0.29) is 0 Å². The highest BCUT2D eigenvalue weighted by atomic mass is 15.2. The number of aromatic nitrogens is 5. The Labute approximate surface area is 116 Å². The average Bonchev–Trinajstić information content (AvgIpc) is 2.96. The van der Waals surface area contributed by atoms with Gasteiger partial charge in [-0.05, 0) is 18.1 Å². The molecule has 0 aliphatic rings. The fraction of sp³-hybridized carbons (Fsp3) is 0.286. The minimum atomic E-state index is 0.585. The second-order valence-corrected chi connectivity index (χ2v) is 4.56. The van der Waals surface area contributed by atoms with Crippen LogP contribution in [0.5, 0.6) is 0 Å². The van der Waals surface area contributed by atoms with Gasteiger partial charge in [0.05, 0.1) is 17.3 Å². The van der Waals surface area contributed by atoms with E-state index in [0.29, 0.717) is 12.4 Å². The van der Waals surface area contributed by atoms with Crippen molar-refractivity contribution in [2.24, 2.45) is 0 Å². The zero-order valence-corrected chi connectivity index (χ0v) is 11.5. The molecule has 0 aliphatic carbocycles. The molecule has 6 heteroatoms. The Morgan fingerprint density at radius 2 is 2.10 bits per heavy atom. The topological polar surface area (TPSA) is 79.4 Å². The molecule has 0 fully saturated rings. The maximum Gasteiger partial charge on any atom is 0.224 e. The van der Waals surface area contributed by atoms with Crippen LogP contribution in [-0.2, 0) is 12.8 Å². The van der Waals surface area contributed by atoms with Crippen LogP contribution >= 0.6 is 0 Å². The predicted octanol–water partition coefficient (Wildman–Crippen LogP) is 1.94. The lowest BCUT2D eigenvalue weighted by atomic mass is 10.1. The van der Waals surface area contributed by atoms with Gasteiger partial charge in [-0.15, -0.1) is 0 Å². The van der Waals surface area contributed by atoms with Crippen LogP contribution in [-0.4, -0.2) is 32.2 Å². The minimum absolute atomic E-state index is 0.585. The number of fused-ring (bicyclic) bond motifs is 1. The highest BCUT2D eigenvalue weighted by Gasteiger charge is 2.10. The molecule has 0 atom stereocenters. The predicted molar refractivity (Wildman–Crippen MR) is 77.7 cm³/mol. The molecular weight excluding hydrogens is 252 g/mol. The van der Waals surface area contributed by atoms with E-state index in [2.05, 4.69) is 43.5 Å². The lowest BCUT2D eigenvalue weighted by Gasteiger charge is -2.05. The first kappa shape index (κ1) is 12.5. The first-order valence-corrected chi connectivity index (χ1v) is 6.61. The van der Waals surface area contributed by atoms with E-state index < -0.39 is 0 Å². The Hall–Kier alpha value is -2.50. The van der Waals surface area contributed by atoms with Gasteiger partial charge in [0.25, 0.3) is 0 Å². The van der Waals surface area contributed by atoms with Crippen LogP contribution in [0.15, 0.2) is 24.5 Å². The van der Waals surface area contributed by atoms with Crippen LogP contribution in [0.4, 0.5) is 5.95 Å². The monoisotopic (exact) mass is 268 g/mol. The Kier molecular flexibility index (Phi) is 3.28. The summed E-state index contributed by atoms with van der Waals surface area (Å²) in [5, 5.41) is 10.8. The van der Waals surface area contributed by atoms with Gasteiger partial charge in [-0.25, -0.2) is 4.98 Å². The van der Waals surface area contributed by atoms with Gasteiger partial charge < -0.3 is 5.32 Å². The largest absolute Gasteiger partial charge is 0.357 e. The van der Waals surface area contributed by atoms with E-state index in [1.165, 1.54) is 5.56 Å². The molecule has 6 nitrogen and oxygen atoms in total. The third kappa shape index (κ3) is 2.32. The summed E-state index contributed by atoms with van der Waals surface area (Å²) in [5.41, 5.74) is 3.89. The van der Waals surface area contributed by atoms with Crippen molar-refractivity contribution in [3.05, 3.63) is 41.5 Å². The fourth-order valence-corrected chi connectivity index (χ4v) is 2.08. The normalized spacial score (nSPS) is 10.9. The Bertz CT molecular complexity index is 716. The van der Waals surface area contributed by atoms with Crippen LogP contribution < -0.4 is 5.32 Å². The second-order valence-electron chi connectivity index (χ2n) is 4.56. The van der Waals surface area contributed by atoms with Crippen molar-refractivity contribution in [2.75, 3.05) is 12.4 Å². The summed E-state index contributed by atoms with van der Waals surface area (Å²) in [6.45, 7) is 2.12. The van der Waals surface area contributed by atoms with Crippen molar-refractivity contribution >= 4 is 17.0 Å². The van der Waals surface area contributed by atoms with Crippen LogP contribution in [0.3, 0.4) is 0 Å². The number of hydrogen-bond acceptors (Lipinski definition) is 5. The smallest absolute Gasteiger partial charge is 0.224 e. The Morgan fingerprint density at radius 1 is 1.20 bits per heavy atom. The SMILES string of the molecule is CCc1ccc(Cc2nc(NC)nc3[nH]ncc23)nc1. The molecule has 3 aromatic heterocycles. The van der Waals surface area contributed by atoms with Gasteiger partial charge in [0, 0.05) is 25.4 Å². The van der Waals surface area contributed by atoms with Gasteiger partial charge in [0.2, 0.25) is 5.95 Å². The number of hydrogen-bond donors (Lipinski definition) is 2. The number of pyridine rings is 1. The van der Waals surface area contributed by atoms with Gasteiger partial charge in [0.1, 0.15) is 0 Å². The van der Waals surface area contributed by atoms with Gasteiger partial charge in [-0.1, -0.05) is 13.0 Å². The average molecular weight is 268 g/mol. The summed E-state index contributed by atoms with van der Waals surface area (Å²) < 4.78 is 0. The third-order valence-electron chi connectivity index (χ3n) is 3.26. The number of anilines is 1. The molecule has 0 saturated carbocycles. The van der Waals surface area contributed by atoms with Crippen LogP contribution in [0.2, 0.25) is 0 Å². The van der Waals surface area contributed by atoms with Gasteiger partial charge in [-0.2, -0.15) is 10.1 Å². The number of nitrogens with zero attached hydrogens (tertiary/aromatic N) is 4. The van der Waals surface area contributed by atoms with Crippen molar-refractivity contribution in [1.82, 2.24) is 25.1 Å². The number of nitrogens with one attached hydrogen (secondary N) is 2. The molecular formula is C14H16N6. The second kappa shape index (κ2) is 5.24. The zero-order chi connectivity index (χ0) is 13.9. The quantitative estimate of drug-likeness (QED) is 0.756. The fourth-order valence-electron chi connectivity index (χ4n) is 2.08. The van der Waals surface area contributed by atoms with E-state index in [1.807, 2.05) is 12.3 Å². The van der Waals surface area contributed by atoms with Crippen LogP contribution in [0.1, 0.15) is 23.9 Å². The molecule has 0 radical (unpaired) electrons. The van der Waals surface area contributed by atoms with Crippen molar-refractivity contribution in [3.63, 3.8) is 0 Å². The van der Waals surface area contributed by atoms with E-state index in [9.17, 15) is 0 Å². The summed E-state index contributed by atoms with van der Waals surface area (Å²) in [6.07, 6.45) is 5.33. The molecule has 2 N–H and O–H groups in total. The first-order chi connectivity index (χ1) is 9.80. The van der Waals surface area contributed by atoms with Crippen molar-refractivity contribution in [1.29, 1.82) is 0 Å². The number of aromatic amines is 1. The van der Waals surface area contributed by atoms with Crippen molar-refractivity contribution in [3.8, 4) is 0 Å². The van der Waals surface area contributed by atoms with Gasteiger partial charge in [-0.3, -0.25) is 10.1 Å². The number of H-pyrrole nitrogens is 1. The Balaban J connectivity index is 1.98. The standard InChI is InChI=1S/C14H16N6/c1-3-9-4-5-10(16-7-9)6-12-11-8-17-20-13(11)19-14(15-2)18-12/h4-5,7-8H,3,6H2,1-2H3,(H2,15,17,18,19,20). The Morgan fingerprint density at radius 3 is 2.80 bits per heavy atom. The molecule has 3 aromatic rings. The minimum Gasteiger partial charge on any atom is -0.357 e. The van der Waals surface area contributed by atoms with Crippen molar-refractivity contribution < 1.29 is 0 Å². The number of rotatable bonds is 4. The summed E-state index contributed by atoms with van der Waals surface area (Å²) >= 11 is 0. The van der Waals surface area contributed by atoms with Gasteiger partial charge in [0.15, 0.2) is 5.65 Å². The molecule has 0 bridgehead atoms. The molecule has 0 spiro atoms. The molecule has 102 valence electrons. The third-order valence-corrected chi connectivity index (χ3v) is 3.26. The lowest BCUT2D eigenvalue weighted by Crippen LogP contribution is -2.02. The highest BCUT2D eigenvalue weighted by Crippen LogP contribution is 2.17. The molecule has 20 heavy (non-hydrogen) atoms. The zero-order valence-electron chi connectivity index (χ0n) is 11.5. The highest BCUT2D eigenvalue weighted by molar-refractivity contribution is 5.78. The molecule has 0 aliphatic heterocycles. The summed E-state index contributed by atoms with van der Waals surface area (Å²) in [4.78, 5) is 13.3. The maximum absolute atomic E-state index is 4.51. The van der Waals surface area contributed by atoms with E-state index >= 15 is 0 Å². The molecule has 0 amide bonds. The first-order valence-electron chi connectivity index (χ1n) is 6.61. The number of aryl methyl sites for hydroxylation is 1. The molecule has 0 aromatic carbocycles. The van der Waals surface area contributed by atoms with Crippen LogP contribution in [0, 0.1) is 0 Å². The van der Waals surface area contributed by atoms with Crippen molar-refractivity contribution in [2.45, 2.75) is 19.8 Å². The summed E-state index contributed by atoms with van der Waals surface area (Å²) in [6, 6.07) is 4.15. The lowest BCUT2D eigenvalue weighted by molar-refractivity contribution is 0.991. The maximum atomic E-state index is 4.51. The summed E-state index contributed by atoms with van der Waals surface area (Å²) in [7, 11) is 1.80. The van der Waals surface area contributed by atoms with E-state index in [1.54, 1.807) is 13.2 Å². The van der Waals surface area contributed by atoms with E-state index in [0.717, 1.165) is 28.8 Å². The van der Waals surface area contributed by atoms with E-state index in [4.69, 9.17) is 0 Å². The summed E-state index contributed by atoms with van der Waals surface area (Å²) in [5.74, 6) is 0.585.